The lowest BCUT2D eigenvalue weighted by atomic mass is 10.1. The van der Waals surface area contributed by atoms with Gasteiger partial charge in [0.2, 0.25) is 5.88 Å². The second kappa shape index (κ2) is 7.59. The molecule has 0 radical (unpaired) electrons. The molecule has 2 aromatic carbocycles. The van der Waals surface area contributed by atoms with Gasteiger partial charge in [-0.1, -0.05) is 30.3 Å². The Hall–Kier alpha value is -3.93. The summed E-state index contributed by atoms with van der Waals surface area (Å²) in [5.74, 6) is 0.736. The van der Waals surface area contributed by atoms with E-state index < -0.39 is 0 Å². The largest absolute Gasteiger partial charge is 0.494 e. The van der Waals surface area contributed by atoms with E-state index in [0.717, 1.165) is 5.56 Å². The summed E-state index contributed by atoms with van der Waals surface area (Å²) < 4.78 is 6.57. The third-order valence-electron chi connectivity index (χ3n) is 4.65. The highest BCUT2D eigenvalue weighted by Crippen LogP contribution is 2.30. The summed E-state index contributed by atoms with van der Waals surface area (Å²) in [6.07, 6.45) is 3.12. The lowest BCUT2D eigenvalue weighted by molar-refractivity contribution is 0.416. The molecule has 2 aromatic heterocycles. The summed E-state index contributed by atoms with van der Waals surface area (Å²) >= 11 is 0. The molecule has 29 heavy (non-hydrogen) atoms. The second-order valence-corrected chi connectivity index (χ2v) is 6.54. The molecule has 4 rings (SSSR count). The average molecular weight is 385 g/mol. The summed E-state index contributed by atoms with van der Waals surface area (Å²) in [7, 11) is 1.58. The number of aliphatic imine (C=N–C) groups is 1. The second-order valence-electron chi connectivity index (χ2n) is 6.54. The maximum Gasteiger partial charge on any atom is 0.267 e. The number of aryl methyl sites for hydroxylation is 1. The maximum absolute atomic E-state index is 13.0. The lowest BCUT2D eigenvalue weighted by Gasteiger charge is -2.13. The molecule has 0 saturated carbocycles. The molecular formula is C23H19N3O3. The van der Waals surface area contributed by atoms with Crippen molar-refractivity contribution in [1.29, 1.82) is 0 Å². The molecule has 0 spiro atoms. The first kappa shape index (κ1) is 18.4. The highest BCUT2D eigenvalue weighted by Gasteiger charge is 2.17. The third kappa shape index (κ3) is 3.36. The highest BCUT2D eigenvalue weighted by molar-refractivity contribution is 6.02. The Morgan fingerprint density at radius 3 is 2.55 bits per heavy atom. The lowest BCUT2D eigenvalue weighted by Crippen LogP contribution is -2.20. The number of aromatic hydroxyl groups is 1. The molecular weight excluding hydrogens is 366 g/mol. The molecule has 2 heterocycles. The Balaban J connectivity index is 1.98. The number of rotatable bonds is 4. The zero-order chi connectivity index (χ0) is 20.4. The van der Waals surface area contributed by atoms with Crippen LogP contribution in [-0.2, 0) is 0 Å². The number of nitrogens with zero attached hydrogens (tertiary/aromatic N) is 3. The smallest absolute Gasteiger partial charge is 0.267 e. The monoisotopic (exact) mass is 385 g/mol. The number of aromatic nitrogens is 2. The molecule has 0 aliphatic carbocycles. The van der Waals surface area contributed by atoms with Gasteiger partial charge >= 0.3 is 0 Å². The standard InChI is InChI=1S/C23H19N3O3/c1-15-10-11-20(29-2)19(13-15)25-14-18-16-7-3-4-8-17(16)22(27)26(23(18)28)21-9-5-6-12-24-21/h3-14,28H,1-2H3. The van der Waals surface area contributed by atoms with E-state index >= 15 is 0 Å². The van der Waals surface area contributed by atoms with Crippen LogP contribution in [0.2, 0.25) is 0 Å². The van der Waals surface area contributed by atoms with E-state index in [2.05, 4.69) is 9.98 Å². The molecule has 0 saturated heterocycles. The SMILES string of the molecule is COc1ccc(C)cc1N=Cc1c(O)n(-c2ccccn2)c(=O)c2ccccc12. The highest BCUT2D eigenvalue weighted by atomic mass is 16.5. The fraction of sp³-hybridized carbons (Fsp3) is 0.0870. The molecule has 0 unspecified atom stereocenters. The quantitative estimate of drug-likeness (QED) is 0.535. The summed E-state index contributed by atoms with van der Waals surface area (Å²) in [5, 5.41) is 12.1. The van der Waals surface area contributed by atoms with Crippen molar-refractivity contribution in [3.8, 4) is 17.4 Å². The van der Waals surface area contributed by atoms with Gasteiger partial charge in [-0.05, 0) is 42.8 Å². The van der Waals surface area contributed by atoms with Crippen LogP contribution in [0.5, 0.6) is 11.6 Å². The molecule has 0 amide bonds. The molecule has 0 bridgehead atoms. The zero-order valence-electron chi connectivity index (χ0n) is 16.0. The predicted octanol–water partition coefficient (Wildman–Crippen LogP) is 4.16. The van der Waals surface area contributed by atoms with Gasteiger partial charge in [-0.3, -0.25) is 9.79 Å². The molecule has 4 aromatic rings. The average Bonchev–Trinajstić information content (AvgIpc) is 2.75. The molecule has 144 valence electrons. The van der Waals surface area contributed by atoms with Crippen LogP contribution in [0.4, 0.5) is 5.69 Å². The Bertz CT molecular complexity index is 1280. The van der Waals surface area contributed by atoms with Crippen LogP contribution < -0.4 is 10.3 Å². The van der Waals surface area contributed by atoms with Gasteiger partial charge in [0.25, 0.3) is 5.56 Å². The van der Waals surface area contributed by atoms with E-state index in [1.54, 1.807) is 55.9 Å². The molecule has 1 N–H and O–H groups in total. The maximum atomic E-state index is 13.0. The number of fused-ring (bicyclic) bond motifs is 1. The molecule has 6 heteroatoms. The minimum Gasteiger partial charge on any atom is -0.494 e. The number of methoxy groups -OCH3 is 1. The topological polar surface area (TPSA) is 76.7 Å². The van der Waals surface area contributed by atoms with Crippen LogP contribution in [0.1, 0.15) is 11.1 Å². The van der Waals surface area contributed by atoms with Gasteiger partial charge in [0.15, 0.2) is 0 Å². The molecule has 0 fully saturated rings. The van der Waals surface area contributed by atoms with Crippen molar-refractivity contribution >= 4 is 22.7 Å². The van der Waals surface area contributed by atoms with E-state index in [9.17, 15) is 9.90 Å². The molecule has 0 aliphatic rings. The zero-order valence-corrected chi connectivity index (χ0v) is 16.0. The van der Waals surface area contributed by atoms with Crippen molar-refractivity contribution in [2.75, 3.05) is 7.11 Å². The van der Waals surface area contributed by atoms with Gasteiger partial charge in [0.05, 0.1) is 12.7 Å². The predicted molar refractivity (Wildman–Crippen MR) is 114 cm³/mol. The van der Waals surface area contributed by atoms with E-state index in [0.29, 0.717) is 33.6 Å². The van der Waals surface area contributed by atoms with E-state index in [4.69, 9.17) is 4.74 Å². The Kier molecular flexibility index (Phi) is 4.83. The third-order valence-corrected chi connectivity index (χ3v) is 4.65. The van der Waals surface area contributed by atoms with Crippen molar-refractivity contribution < 1.29 is 9.84 Å². The number of pyridine rings is 2. The summed E-state index contributed by atoms with van der Waals surface area (Å²) in [4.78, 5) is 21.8. The number of hydrogen-bond acceptors (Lipinski definition) is 5. The first-order chi connectivity index (χ1) is 14.1. The Labute approximate surface area is 167 Å². The van der Waals surface area contributed by atoms with E-state index in [1.165, 1.54) is 4.57 Å². The Morgan fingerprint density at radius 1 is 1.07 bits per heavy atom. The van der Waals surface area contributed by atoms with Gasteiger partial charge in [-0.2, -0.15) is 0 Å². The van der Waals surface area contributed by atoms with Crippen LogP contribution in [-0.4, -0.2) is 28.0 Å². The van der Waals surface area contributed by atoms with Crippen molar-refractivity contribution in [2.45, 2.75) is 6.92 Å². The fourth-order valence-corrected chi connectivity index (χ4v) is 3.22. The minimum atomic E-state index is -0.345. The van der Waals surface area contributed by atoms with Crippen LogP contribution in [0.3, 0.4) is 0 Å². The van der Waals surface area contributed by atoms with Crippen molar-refractivity contribution in [3.05, 3.63) is 88.3 Å². The molecule has 6 nitrogen and oxygen atoms in total. The van der Waals surface area contributed by atoms with Gasteiger partial charge in [-0.15, -0.1) is 0 Å². The van der Waals surface area contributed by atoms with Crippen LogP contribution in [0, 0.1) is 6.92 Å². The van der Waals surface area contributed by atoms with Crippen molar-refractivity contribution in [3.63, 3.8) is 0 Å². The van der Waals surface area contributed by atoms with Gasteiger partial charge in [0.1, 0.15) is 17.3 Å². The normalized spacial score (nSPS) is 11.2. The first-order valence-corrected chi connectivity index (χ1v) is 9.07. The summed E-state index contributed by atoms with van der Waals surface area (Å²) in [5.41, 5.74) is 1.74. The molecule has 0 atom stereocenters. The van der Waals surface area contributed by atoms with E-state index in [-0.39, 0.29) is 11.4 Å². The van der Waals surface area contributed by atoms with Crippen LogP contribution in [0.15, 0.2) is 76.6 Å². The summed E-state index contributed by atoms with van der Waals surface area (Å²) in [6, 6.07) is 18.0. The minimum absolute atomic E-state index is 0.220. The first-order valence-electron chi connectivity index (χ1n) is 9.07. The van der Waals surface area contributed by atoms with Crippen LogP contribution in [0.25, 0.3) is 16.6 Å². The van der Waals surface area contributed by atoms with Gasteiger partial charge in [-0.25, -0.2) is 9.55 Å². The van der Waals surface area contributed by atoms with Gasteiger partial charge < -0.3 is 9.84 Å². The van der Waals surface area contributed by atoms with Crippen molar-refractivity contribution in [2.24, 2.45) is 4.99 Å². The van der Waals surface area contributed by atoms with Crippen LogP contribution >= 0.6 is 0 Å². The number of benzene rings is 2. The Morgan fingerprint density at radius 2 is 1.83 bits per heavy atom. The van der Waals surface area contributed by atoms with Gasteiger partial charge in [0, 0.05) is 23.2 Å². The van der Waals surface area contributed by atoms with Crippen molar-refractivity contribution in [1.82, 2.24) is 9.55 Å². The number of ether oxygens (including phenoxy) is 1. The molecule has 0 aliphatic heterocycles. The summed E-state index contributed by atoms with van der Waals surface area (Å²) in [6.45, 7) is 1.96. The number of hydrogen-bond donors (Lipinski definition) is 1. The fourth-order valence-electron chi connectivity index (χ4n) is 3.22. The van der Waals surface area contributed by atoms with E-state index in [1.807, 2.05) is 31.2 Å².